The Hall–Kier alpha value is -1.23. The molecule has 0 aliphatic heterocycles. The molecule has 0 bridgehead atoms. The predicted molar refractivity (Wildman–Crippen MR) is 72.5 cm³/mol. The molecule has 7 heteroatoms. The summed E-state index contributed by atoms with van der Waals surface area (Å²) < 4.78 is 40.3. The van der Waals surface area contributed by atoms with E-state index in [1.165, 1.54) is 12.1 Å². The van der Waals surface area contributed by atoms with Gasteiger partial charge in [0.25, 0.3) is 0 Å². The molecule has 0 atom stereocenters. The number of rotatable bonds is 7. The van der Waals surface area contributed by atoms with Crippen molar-refractivity contribution in [3.8, 4) is 5.75 Å². The summed E-state index contributed by atoms with van der Waals surface area (Å²) in [4.78, 5) is 11.7. The van der Waals surface area contributed by atoms with Crippen LogP contribution in [0.15, 0.2) is 18.2 Å². The minimum absolute atomic E-state index is 0.0534. The fraction of sp³-hybridized carbons (Fsp3) is 0.462. The number of esters is 1. The molecule has 112 valence electrons. The molecule has 0 amide bonds. The highest BCUT2D eigenvalue weighted by Crippen LogP contribution is 2.47. The number of carbonyl (C=O) groups excluding carboxylic acids is 1. The lowest BCUT2D eigenvalue weighted by Gasteiger charge is -2.16. The molecule has 0 fully saturated rings. The maximum atomic E-state index is 13.3. The molecule has 0 saturated heterocycles. The first-order chi connectivity index (χ1) is 9.40. The Bertz CT molecular complexity index is 507. The summed E-state index contributed by atoms with van der Waals surface area (Å²) in [5.41, 5.74) is 0.444. The lowest BCUT2D eigenvalue weighted by molar-refractivity contribution is -0.131. The number of carbonyl (C=O) groups is 1. The summed E-state index contributed by atoms with van der Waals surface area (Å²) in [6, 6.07) is 4.05. The largest absolute Gasteiger partial charge is 0.426 e. The first kappa shape index (κ1) is 16.8. The van der Waals surface area contributed by atoms with Crippen molar-refractivity contribution in [1.29, 1.82) is 0 Å². The number of hydrogen-bond donors (Lipinski definition) is 0. The minimum Gasteiger partial charge on any atom is -0.426 e. The van der Waals surface area contributed by atoms with Gasteiger partial charge in [0.1, 0.15) is 17.7 Å². The zero-order valence-corrected chi connectivity index (χ0v) is 12.6. The van der Waals surface area contributed by atoms with Crippen LogP contribution in [0, 0.1) is 12.7 Å². The topological polar surface area (TPSA) is 61.8 Å². The summed E-state index contributed by atoms with van der Waals surface area (Å²) in [5, 5.41) is 0. The van der Waals surface area contributed by atoms with Crippen molar-refractivity contribution >= 4 is 13.6 Å². The van der Waals surface area contributed by atoms with E-state index in [2.05, 4.69) is 0 Å². The van der Waals surface area contributed by atoms with Crippen LogP contribution in [0.4, 0.5) is 4.39 Å². The van der Waals surface area contributed by atoms with E-state index >= 15 is 0 Å². The summed E-state index contributed by atoms with van der Waals surface area (Å²) >= 11 is 0. The van der Waals surface area contributed by atoms with Gasteiger partial charge in [-0.3, -0.25) is 9.36 Å². The lowest BCUT2D eigenvalue weighted by atomic mass is 10.2. The zero-order valence-electron chi connectivity index (χ0n) is 11.7. The van der Waals surface area contributed by atoms with Gasteiger partial charge in [-0.15, -0.1) is 0 Å². The third-order valence-electron chi connectivity index (χ3n) is 2.35. The second-order valence-corrected chi connectivity index (χ2v) is 6.04. The molecule has 0 aliphatic rings. The summed E-state index contributed by atoms with van der Waals surface area (Å²) in [6.07, 6.45) is -0.510. The molecule has 0 radical (unpaired) electrons. The van der Waals surface area contributed by atoms with Gasteiger partial charge in [0.2, 0.25) is 0 Å². The van der Waals surface area contributed by atoms with E-state index in [1.54, 1.807) is 20.8 Å². The normalized spacial score (nSPS) is 11.4. The highest BCUT2D eigenvalue weighted by Gasteiger charge is 2.28. The first-order valence-corrected chi connectivity index (χ1v) is 7.98. The van der Waals surface area contributed by atoms with Crippen LogP contribution in [0.2, 0.25) is 0 Å². The molecule has 0 N–H and O–H groups in total. The van der Waals surface area contributed by atoms with Gasteiger partial charge in [0, 0.05) is 6.07 Å². The number of halogens is 1. The molecule has 0 aliphatic carbocycles. The quantitative estimate of drug-likeness (QED) is 0.439. The van der Waals surface area contributed by atoms with Crippen LogP contribution < -0.4 is 4.74 Å². The summed E-state index contributed by atoms with van der Waals surface area (Å²) in [5.74, 6) is -1.22. The predicted octanol–water partition coefficient (Wildman–Crippen LogP) is 3.31. The fourth-order valence-corrected chi connectivity index (χ4v) is 2.91. The van der Waals surface area contributed by atoms with Gasteiger partial charge in [-0.2, -0.15) is 0 Å². The molecule has 5 nitrogen and oxygen atoms in total. The van der Waals surface area contributed by atoms with Crippen molar-refractivity contribution < 1.29 is 27.5 Å². The van der Waals surface area contributed by atoms with Crippen LogP contribution in [0.3, 0.4) is 0 Å². The third-order valence-corrected chi connectivity index (χ3v) is 4.30. The Balaban J connectivity index is 2.70. The molecule has 0 aromatic heterocycles. The van der Waals surface area contributed by atoms with E-state index in [4.69, 9.17) is 13.8 Å². The van der Waals surface area contributed by atoms with E-state index in [0.29, 0.717) is 5.56 Å². The van der Waals surface area contributed by atoms with Crippen LogP contribution in [0.1, 0.15) is 19.4 Å². The van der Waals surface area contributed by atoms with Crippen molar-refractivity contribution in [2.45, 2.75) is 20.8 Å². The van der Waals surface area contributed by atoms with Crippen LogP contribution in [0.25, 0.3) is 0 Å². The fourth-order valence-electron chi connectivity index (χ4n) is 1.48. The standard InChI is InChI=1S/C13H18FO5P/c1-4-17-20(16,18-5-2)9-13(15)19-11-7-6-10(3)12(14)8-11/h6-8H,4-5,9H2,1-3H3. The number of hydrogen-bond acceptors (Lipinski definition) is 5. The minimum atomic E-state index is -3.50. The monoisotopic (exact) mass is 304 g/mol. The average molecular weight is 304 g/mol. The van der Waals surface area contributed by atoms with Gasteiger partial charge in [-0.25, -0.2) is 4.39 Å². The van der Waals surface area contributed by atoms with Gasteiger partial charge in [-0.05, 0) is 32.4 Å². The molecule has 0 spiro atoms. The van der Waals surface area contributed by atoms with E-state index in [9.17, 15) is 13.8 Å². The number of ether oxygens (including phenoxy) is 1. The van der Waals surface area contributed by atoms with Crippen LogP contribution in [-0.2, 0) is 18.4 Å². The molecule has 1 aromatic carbocycles. The second-order valence-electron chi connectivity index (χ2n) is 3.99. The van der Waals surface area contributed by atoms with E-state index in [0.717, 1.165) is 6.07 Å². The second kappa shape index (κ2) is 7.53. The van der Waals surface area contributed by atoms with Gasteiger partial charge >= 0.3 is 13.6 Å². The highest BCUT2D eigenvalue weighted by molar-refractivity contribution is 7.54. The molecule has 1 rings (SSSR count). The first-order valence-electron chi connectivity index (χ1n) is 6.25. The Kier molecular flexibility index (Phi) is 6.33. The van der Waals surface area contributed by atoms with E-state index < -0.39 is 25.5 Å². The van der Waals surface area contributed by atoms with Crippen molar-refractivity contribution in [1.82, 2.24) is 0 Å². The van der Waals surface area contributed by atoms with Gasteiger partial charge < -0.3 is 13.8 Å². The number of benzene rings is 1. The molecule has 0 heterocycles. The maximum absolute atomic E-state index is 13.3. The lowest BCUT2D eigenvalue weighted by Crippen LogP contribution is -2.16. The molecule has 1 aromatic rings. The Labute approximate surface area is 117 Å². The molecule has 20 heavy (non-hydrogen) atoms. The maximum Gasteiger partial charge on any atom is 0.341 e. The van der Waals surface area contributed by atoms with E-state index in [1.807, 2.05) is 0 Å². The van der Waals surface area contributed by atoms with Gasteiger partial charge in [-0.1, -0.05) is 6.07 Å². The molecular formula is C13H18FO5P. The van der Waals surface area contributed by atoms with Crippen molar-refractivity contribution in [3.63, 3.8) is 0 Å². The Morgan fingerprint density at radius 1 is 1.25 bits per heavy atom. The molecular weight excluding hydrogens is 286 g/mol. The third kappa shape index (κ3) is 5.04. The average Bonchev–Trinajstić information content (AvgIpc) is 2.34. The van der Waals surface area contributed by atoms with Crippen molar-refractivity contribution in [2.75, 3.05) is 19.4 Å². The van der Waals surface area contributed by atoms with E-state index in [-0.39, 0.29) is 19.0 Å². The van der Waals surface area contributed by atoms with Crippen molar-refractivity contribution in [3.05, 3.63) is 29.6 Å². The van der Waals surface area contributed by atoms with Crippen LogP contribution in [-0.4, -0.2) is 25.3 Å². The smallest absolute Gasteiger partial charge is 0.341 e. The molecule has 0 saturated carbocycles. The Morgan fingerprint density at radius 3 is 2.35 bits per heavy atom. The summed E-state index contributed by atoms with van der Waals surface area (Å²) in [7, 11) is -3.50. The highest BCUT2D eigenvalue weighted by atomic mass is 31.2. The van der Waals surface area contributed by atoms with Gasteiger partial charge in [0.05, 0.1) is 13.2 Å². The SMILES string of the molecule is CCOP(=O)(CC(=O)Oc1ccc(C)c(F)c1)OCC. The van der Waals surface area contributed by atoms with Crippen LogP contribution >= 0.6 is 7.60 Å². The van der Waals surface area contributed by atoms with Crippen molar-refractivity contribution in [2.24, 2.45) is 0 Å². The number of aryl methyl sites for hydroxylation is 1. The zero-order chi connectivity index (χ0) is 15.2. The molecule has 0 unspecified atom stereocenters. The van der Waals surface area contributed by atoms with Crippen LogP contribution in [0.5, 0.6) is 5.75 Å². The summed E-state index contributed by atoms with van der Waals surface area (Å²) in [6.45, 7) is 5.20. The van der Waals surface area contributed by atoms with Gasteiger partial charge in [0.15, 0.2) is 0 Å². The Morgan fingerprint density at radius 2 is 1.85 bits per heavy atom.